The average molecular weight is 295 g/mol. The summed E-state index contributed by atoms with van der Waals surface area (Å²) in [5.74, 6) is 0. The summed E-state index contributed by atoms with van der Waals surface area (Å²) in [6, 6.07) is 6.12. The Bertz CT molecular complexity index is 662. The number of morpholine rings is 1. The number of nitrogens with two attached hydrogens (primary N) is 1. The van der Waals surface area contributed by atoms with Crippen molar-refractivity contribution >= 4 is 15.7 Å². The fourth-order valence-corrected chi connectivity index (χ4v) is 3.87. The molecule has 1 aliphatic heterocycles. The van der Waals surface area contributed by atoms with Gasteiger partial charge in [0.25, 0.3) is 0 Å². The van der Waals surface area contributed by atoms with Gasteiger partial charge < -0.3 is 10.5 Å². The smallest absolute Gasteiger partial charge is 0.244 e. The van der Waals surface area contributed by atoms with E-state index >= 15 is 0 Å². The lowest BCUT2D eigenvalue weighted by Crippen LogP contribution is -2.50. The van der Waals surface area contributed by atoms with E-state index in [-0.39, 0.29) is 23.5 Å². The molecule has 0 aliphatic carbocycles. The van der Waals surface area contributed by atoms with Gasteiger partial charge in [-0.3, -0.25) is 0 Å². The molecule has 2 rings (SSSR count). The lowest BCUT2D eigenvalue weighted by molar-refractivity contribution is -0.0640. The van der Waals surface area contributed by atoms with Crippen molar-refractivity contribution in [3.63, 3.8) is 0 Å². The number of ether oxygens (including phenoxy) is 1. The van der Waals surface area contributed by atoms with Crippen LogP contribution in [0.25, 0.3) is 0 Å². The van der Waals surface area contributed by atoms with E-state index in [0.717, 1.165) is 0 Å². The quantitative estimate of drug-likeness (QED) is 0.819. The van der Waals surface area contributed by atoms with E-state index in [0.29, 0.717) is 12.3 Å². The van der Waals surface area contributed by atoms with Crippen LogP contribution in [-0.2, 0) is 14.8 Å². The highest BCUT2D eigenvalue weighted by atomic mass is 32.2. The summed E-state index contributed by atoms with van der Waals surface area (Å²) in [6.45, 7) is 4.54. The summed E-state index contributed by atoms with van der Waals surface area (Å²) in [6.07, 6.45) is 0. The number of sulfonamides is 1. The largest absolute Gasteiger partial charge is 0.399 e. The second-order valence-corrected chi connectivity index (χ2v) is 7.22. The van der Waals surface area contributed by atoms with Gasteiger partial charge in [0.2, 0.25) is 10.0 Å². The first-order chi connectivity index (χ1) is 9.26. The van der Waals surface area contributed by atoms with Gasteiger partial charge in [-0.25, -0.2) is 8.42 Å². The Morgan fingerprint density at radius 1 is 1.45 bits per heavy atom. The zero-order chi connectivity index (χ0) is 15.0. The van der Waals surface area contributed by atoms with Crippen LogP contribution in [0.2, 0.25) is 0 Å². The maximum atomic E-state index is 12.6. The lowest BCUT2D eigenvalue weighted by Gasteiger charge is -2.37. The Morgan fingerprint density at radius 2 is 2.15 bits per heavy atom. The van der Waals surface area contributed by atoms with E-state index in [1.807, 2.05) is 19.9 Å². The number of nitrogens with zero attached hydrogens (tertiary/aromatic N) is 2. The third-order valence-corrected chi connectivity index (χ3v) is 5.04. The van der Waals surface area contributed by atoms with Gasteiger partial charge in [-0.2, -0.15) is 9.57 Å². The normalized spacial score (nSPS) is 19.4. The van der Waals surface area contributed by atoms with Crippen molar-refractivity contribution in [2.75, 3.05) is 25.4 Å². The molecule has 1 aromatic rings. The molecule has 20 heavy (non-hydrogen) atoms. The predicted molar refractivity (Wildman–Crippen MR) is 74.4 cm³/mol. The molecule has 0 saturated carbocycles. The first kappa shape index (κ1) is 14.8. The standard InChI is InChI=1S/C13H17N3O3S/c1-13(2)9-16(5-6-19-13)20(17,18)12-4-3-11(15)7-10(12)8-14/h3-4,7H,5-6,9,15H2,1-2H3. The maximum absolute atomic E-state index is 12.6. The van der Waals surface area contributed by atoms with Crippen LogP contribution in [0.1, 0.15) is 19.4 Å². The Morgan fingerprint density at radius 3 is 2.75 bits per heavy atom. The molecule has 1 fully saturated rings. The van der Waals surface area contributed by atoms with Crippen LogP contribution in [0.3, 0.4) is 0 Å². The van der Waals surface area contributed by atoms with E-state index in [9.17, 15) is 8.42 Å². The van der Waals surface area contributed by atoms with E-state index < -0.39 is 15.6 Å². The van der Waals surface area contributed by atoms with Crippen LogP contribution >= 0.6 is 0 Å². The first-order valence-corrected chi connectivity index (χ1v) is 7.64. The Labute approximate surface area is 118 Å². The fourth-order valence-electron chi connectivity index (χ4n) is 2.18. The summed E-state index contributed by atoms with van der Waals surface area (Å²) in [5, 5.41) is 9.09. The first-order valence-electron chi connectivity index (χ1n) is 6.20. The zero-order valence-corrected chi connectivity index (χ0v) is 12.3. The van der Waals surface area contributed by atoms with E-state index in [4.69, 9.17) is 15.7 Å². The topological polar surface area (TPSA) is 96.4 Å². The van der Waals surface area contributed by atoms with Crippen LogP contribution in [0.4, 0.5) is 5.69 Å². The van der Waals surface area contributed by atoms with Crippen molar-refractivity contribution in [1.82, 2.24) is 4.31 Å². The van der Waals surface area contributed by atoms with Gasteiger partial charge >= 0.3 is 0 Å². The molecule has 1 heterocycles. The number of nitriles is 1. The third kappa shape index (κ3) is 2.77. The minimum Gasteiger partial charge on any atom is -0.399 e. The molecule has 0 amide bonds. The molecule has 0 bridgehead atoms. The second-order valence-electron chi connectivity index (χ2n) is 5.31. The van der Waals surface area contributed by atoms with Crippen molar-refractivity contribution < 1.29 is 13.2 Å². The zero-order valence-electron chi connectivity index (χ0n) is 11.5. The van der Waals surface area contributed by atoms with Gasteiger partial charge in [-0.15, -0.1) is 0 Å². The summed E-state index contributed by atoms with van der Waals surface area (Å²) < 4.78 is 32.2. The number of nitrogen functional groups attached to an aromatic ring is 1. The van der Waals surface area contributed by atoms with Crippen molar-refractivity contribution in [3.05, 3.63) is 23.8 Å². The molecule has 0 aromatic heterocycles. The van der Waals surface area contributed by atoms with Gasteiger partial charge in [0.05, 0.1) is 17.8 Å². The summed E-state index contributed by atoms with van der Waals surface area (Å²) in [5.41, 5.74) is 5.48. The number of anilines is 1. The molecular formula is C13H17N3O3S. The molecule has 7 heteroatoms. The second kappa shape index (κ2) is 5.05. The number of rotatable bonds is 2. The number of benzene rings is 1. The monoisotopic (exact) mass is 295 g/mol. The summed E-state index contributed by atoms with van der Waals surface area (Å²) >= 11 is 0. The van der Waals surface area contributed by atoms with Crippen molar-refractivity contribution in [2.45, 2.75) is 24.3 Å². The minimum atomic E-state index is -3.72. The molecular weight excluding hydrogens is 278 g/mol. The highest BCUT2D eigenvalue weighted by Crippen LogP contribution is 2.26. The molecule has 1 saturated heterocycles. The summed E-state index contributed by atoms with van der Waals surface area (Å²) in [7, 11) is -3.72. The highest BCUT2D eigenvalue weighted by molar-refractivity contribution is 7.89. The average Bonchev–Trinajstić information content (AvgIpc) is 2.37. The Hall–Kier alpha value is -1.62. The van der Waals surface area contributed by atoms with Crippen LogP contribution in [0.15, 0.2) is 23.1 Å². The number of hydrogen-bond donors (Lipinski definition) is 1. The van der Waals surface area contributed by atoms with E-state index in [1.165, 1.54) is 22.5 Å². The summed E-state index contributed by atoms with van der Waals surface area (Å²) in [4.78, 5) is -0.00750. The SMILES string of the molecule is CC1(C)CN(S(=O)(=O)c2ccc(N)cc2C#N)CCO1. The predicted octanol–water partition coefficient (Wildman–Crippen LogP) is 0.940. The molecule has 0 atom stereocenters. The molecule has 1 aliphatic rings. The van der Waals surface area contributed by atoms with Crippen LogP contribution < -0.4 is 5.73 Å². The third-order valence-electron chi connectivity index (χ3n) is 3.13. The number of hydrogen-bond acceptors (Lipinski definition) is 5. The Balaban J connectivity index is 2.43. The Kier molecular flexibility index (Phi) is 3.73. The lowest BCUT2D eigenvalue weighted by atomic mass is 10.1. The highest BCUT2D eigenvalue weighted by Gasteiger charge is 2.35. The van der Waals surface area contributed by atoms with Gasteiger partial charge in [-0.05, 0) is 32.0 Å². The van der Waals surface area contributed by atoms with Crippen molar-refractivity contribution in [3.8, 4) is 6.07 Å². The molecule has 6 nitrogen and oxygen atoms in total. The van der Waals surface area contributed by atoms with Gasteiger partial charge in [0, 0.05) is 18.8 Å². The van der Waals surface area contributed by atoms with E-state index in [2.05, 4.69) is 0 Å². The van der Waals surface area contributed by atoms with Crippen LogP contribution in [0.5, 0.6) is 0 Å². The van der Waals surface area contributed by atoms with Gasteiger partial charge in [-0.1, -0.05) is 0 Å². The van der Waals surface area contributed by atoms with Crippen LogP contribution in [-0.4, -0.2) is 38.0 Å². The van der Waals surface area contributed by atoms with Crippen LogP contribution in [0, 0.1) is 11.3 Å². The maximum Gasteiger partial charge on any atom is 0.244 e. The van der Waals surface area contributed by atoms with Gasteiger partial charge in [0.1, 0.15) is 11.0 Å². The minimum absolute atomic E-state index is 0.00750. The molecule has 0 unspecified atom stereocenters. The van der Waals surface area contributed by atoms with Crippen molar-refractivity contribution in [2.24, 2.45) is 0 Å². The van der Waals surface area contributed by atoms with E-state index in [1.54, 1.807) is 0 Å². The molecule has 0 radical (unpaired) electrons. The molecule has 108 valence electrons. The van der Waals surface area contributed by atoms with Gasteiger partial charge in [0.15, 0.2) is 0 Å². The molecule has 1 aromatic carbocycles. The fraction of sp³-hybridized carbons (Fsp3) is 0.462. The van der Waals surface area contributed by atoms with Crippen molar-refractivity contribution in [1.29, 1.82) is 5.26 Å². The molecule has 0 spiro atoms. The molecule has 2 N–H and O–H groups in total.